The zero-order chi connectivity index (χ0) is 13.8. The van der Waals surface area contributed by atoms with Crippen molar-refractivity contribution in [3.63, 3.8) is 0 Å². The van der Waals surface area contributed by atoms with Crippen molar-refractivity contribution in [3.05, 3.63) is 21.3 Å². The van der Waals surface area contributed by atoms with E-state index in [9.17, 15) is 4.79 Å². The van der Waals surface area contributed by atoms with E-state index in [0.29, 0.717) is 12.3 Å². The average molecular weight is 301 g/mol. The van der Waals surface area contributed by atoms with Crippen LogP contribution in [0.4, 0.5) is 0 Å². The summed E-state index contributed by atoms with van der Waals surface area (Å²) in [5.74, 6) is 0.698. The molecule has 1 amide bonds. The van der Waals surface area contributed by atoms with Crippen molar-refractivity contribution in [1.82, 2.24) is 4.90 Å². The first kappa shape index (κ1) is 14.8. The third-order valence-electron chi connectivity index (χ3n) is 3.77. The molecule has 0 aromatic carbocycles. The third kappa shape index (κ3) is 4.20. The van der Waals surface area contributed by atoms with Crippen LogP contribution in [0.1, 0.15) is 31.1 Å². The molecule has 2 rings (SSSR count). The van der Waals surface area contributed by atoms with Gasteiger partial charge >= 0.3 is 0 Å². The molecule has 0 aliphatic carbocycles. The lowest BCUT2D eigenvalue weighted by atomic mass is 9.92. The van der Waals surface area contributed by atoms with Crippen LogP contribution in [-0.2, 0) is 11.2 Å². The van der Waals surface area contributed by atoms with Gasteiger partial charge in [0.25, 0.3) is 0 Å². The van der Waals surface area contributed by atoms with Gasteiger partial charge in [0, 0.05) is 30.4 Å². The van der Waals surface area contributed by atoms with E-state index in [-0.39, 0.29) is 11.9 Å². The normalized spacial score (nSPS) is 21.4. The Balaban J connectivity index is 1.82. The Hall–Kier alpha value is -0.580. The van der Waals surface area contributed by atoms with Crippen LogP contribution in [0, 0.1) is 5.92 Å². The lowest BCUT2D eigenvalue weighted by Gasteiger charge is -2.34. The molecule has 3 nitrogen and oxygen atoms in total. The molecule has 1 aliphatic rings. The Morgan fingerprint density at radius 2 is 2.42 bits per heavy atom. The maximum atomic E-state index is 12.2. The number of carbonyl (C=O) groups excluding carboxylic acids is 1. The monoisotopic (exact) mass is 300 g/mol. The molecule has 0 spiro atoms. The van der Waals surface area contributed by atoms with E-state index in [1.54, 1.807) is 11.3 Å². The quantitative estimate of drug-likeness (QED) is 0.929. The van der Waals surface area contributed by atoms with Crippen LogP contribution in [0.3, 0.4) is 0 Å². The maximum Gasteiger partial charge on any atom is 0.222 e. The number of rotatable bonds is 4. The summed E-state index contributed by atoms with van der Waals surface area (Å²) in [7, 11) is 0. The number of nitrogens with zero attached hydrogens (tertiary/aromatic N) is 1. The smallest absolute Gasteiger partial charge is 0.222 e. The van der Waals surface area contributed by atoms with Crippen LogP contribution in [-0.4, -0.2) is 29.9 Å². The van der Waals surface area contributed by atoms with Gasteiger partial charge in [-0.05, 0) is 44.2 Å². The van der Waals surface area contributed by atoms with Crippen molar-refractivity contribution in [2.24, 2.45) is 11.7 Å². The van der Waals surface area contributed by atoms with E-state index in [0.717, 1.165) is 36.7 Å². The number of likely N-dealkylation sites (tertiary alicyclic amines) is 1. The van der Waals surface area contributed by atoms with Gasteiger partial charge in [-0.2, -0.15) is 0 Å². The fourth-order valence-electron chi connectivity index (χ4n) is 2.54. The standard InChI is InChI=1S/C14H21ClN2OS/c1-10(16)11-3-2-8-17(9-11)14(18)7-5-12-4-6-13(15)19-12/h4,6,10-11H,2-3,5,7-9,16H2,1H3. The van der Waals surface area contributed by atoms with Gasteiger partial charge in [0.15, 0.2) is 0 Å². The predicted molar refractivity (Wildman–Crippen MR) is 80.6 cm³/mol. The van der Waals surface area contributed by atoms with E-state index in [4.69, 9.17) is 17.3 Å². The highest BCUT2D eigenvalue weighted by atomic mass is 35.5. The van der Waals surface area contributed by atoms with E-state index >= 15 is 0 Å². The van der Waals surface area contributed by atoms with Gasteiger partial charge in [-0.1, -0.05) is 11.6 Å². The molecule has 5 heteroatoms. The fraction of sp³-hybridized carbons (Fsp3) is 0.643. The fourth-order valence-corrected chi connectivity index (χ4v) is 3.63. The van der Waals surface area contributed by atoms with Gasteiger partial charge in [-0.15, -0.1) is 11.3 Å². The van der Waals surface area contributed by atoms with Crippen LogP contribution in [0.15, 0.2) is 12.1 Å². The Morgan fingerprint density at radius 1 is 1.63 bits per heavy atom. The second kappa shape index (κ2) is 6.73. The van der Waals surface area contributed by atoms with Crippen molar-refractivity contribution in [3.8, 4) is 0 Å². The van der Waals surface area contributed by atoms with Gasteiger partial charge in [0.1, 0.15) is 0 Å². The molecule has 0 saturated carbocycles. The lowest BCUT2D eigenvalue weighted by molar-refractivity contribution is -0.133. The number of thiophene rings is 1. The van der Waals surface area contributed by atoms with Crippen molar-refractivity contribution < 1.29 is 4.79 Å². The van der Waals surface area contributed by atoms with Crippen LogP contribution in [0.25, 0.3) is 0 Å². The Labute approximate surface area is 123 Å². The molecule has 1 fully saturated rings. The van der Waals surface area contributed by atoms with Gasteiger partial charge in [-0.25, -0.2) is 0 Å². The predicted octanol–water partition coefficient (Wildman–Crippen LogP) is 2.92. The van der Waals surface area contributed by atoms with Crippen LogP contribution >= 0.6 is 22.9 Å². The topological polar surface area (TPSA) is 46.3 Å². The molecule has 2 unspecified atom stereocenters. The molecule has 2 atom stereocenters. The highest BCUT2D eigenvalue weighted by Crippen LogP contribution is 2.24. The summed E-state index contributed by atoms with van der Waals surface area (Å²) in [4.78, 5) is 15.4. The largest absolute Gasteiger partial charge is 0.342 e. The van der Waals surface area contributed by atoms with E-state index < -0.39 is 0 Å². The molecule has 1 aromatic rings. The average Bonchev–Trinajstić information content (AvgIpc) is 2.82. The molecule has 0 radical (unpaired) electrons. The first-order valence-electron chi connectivity index (χ1n) is 6.84. The summed E-state index contributed by atoms with van der Waals surface area (Å²) in [6.45, 7) is 3.74. The minimum atomic E-state index is 0.173. The summed E-state index contributed by atoms with van der Waals surface area (Å²) in [5, 5.41) is 0. The molecular formula is C14H21ClN2OS. The van der Waals surface area contributed by atoms with Crippen LogP contribution in [0.2, 0.25) is 4.34 Å². The lowest BCUT2D eigenvalue weighted by Crippen LogP contribution is -2.45. The maximum absolute atomic E-state index is 12.2. The highest BCUT2D eigenvalue weighted by Gasteiger charge is 2.25. The first-order chi connectivity index (χ1) is 9.06. The van der Waals surface area contributed by atoms with Gasteiger partial charge in [0.2, 0.25) is 5.91 Å². The Morgan fingerprint density at radius 3 is 3.05 bits per heavy atom. The van der Waals surface area contributed by atoms with Gasteiger partial charge in [-0.3, -0.25) is 4.79 Å². The molecule has 2 N–H and O–H groups in total. The van der Waals surface area contributed by atoms with Crippen molar-refractivity contribution in [1.29, 1.82) is 0 Å². The highest BCUT2D eigenvalue weighted by molar-refractivity contribution is 7.16. The van der Waals surface area contributed by atoms with Gasteiger partial charge < -0.3 is 10.6 Å². The molecule has 2 heterocycles. The first-order valence-corrected chi connectivity index (χ1v) is 8.03. The molecule has 1 aliphatic heterocycles. The summed E-state index contributed by atoms with van der Waals surface area (Å²) < 4.78 is 0.789. The summed E-state index contributed by atoms with van der Waals surface area (Å²) in [5.41, 5.74) is 5.95. The number of hydrogen-bond acceptors (Lipinski definition) is 3. The third-order valence-corrected chi connectivity index (χ3v) is 5.06. The number of hydrogen-bond donors (Lipinski definition) is 1. The summed E-state index contributed by atoms with van der Waals surface area (Å²) in [6.07, 6.45) is 3.57. The van der Waals surface area contributed by atoms with Crippen LogP contribution in [0.5, 0.6) is 0 Å². The van der Waals surface area contributed by atoms with E-state index in [2.05, 4.69) is 0 Å². The van der Waals surface area contributed by atoms with Crippen molar-refractivity contribution in [2.45, 2.75) is 38.6 Å². The molecule has 1 saturated heterocycles. The van der Waals surface area contributed by atoms with E-state index in [1.807, 2.05) is 24.0 Å². The summed E-state index contributed by atoms with van der Waals surface area (Å²) in [6, 6.07) is 4.06. The molecule has 0 bridgehead atoms. The second-order valence-electron chi connectivity index (χ2n) is 5.31. The number of nitrogens with two attached hydrogens (primary N) is 1. The molecule has 19 heavy (non-hydrogen) atoms. The van der Waals surface area contributed by atoms with Crippen molar-refractivity contribution >= 4 is 28.8 Å². The number of amides is 1. The molecule has 1 aromatic heterocycles. The summed E-state index contributed by atoms with van der Waals surface area (Å²) >= 11 is 7.44. The number of halogens is 1. The minimum Gasteiger partial charge on any atom is -0.342 e. The minimum absolute atomic E-state index is 0.173. The number of aryl methyl sites for hydroxylation is 1. The van der Waals surface area contributed by atoms with Gasteiger partial charge in [0.05, 0.1) is 4.34 Å². The SMILES string of the molecule is CC(N)C1CCCN(C(=O)CCc2ccc(Cl)s2)C1. The number of piperidine rings is 1. The Kier molecular flexibility index (Phi) is 5.25. The molecular weight excluding hydrogens is 280 g/mol. The van der Waals surface area contributed by atoms with Crippen molar-refractivity contribution in [2.75, 3.05) is 13.1 Å². The second-order valence-corrected chi connectivity index (χ2v) is 7.11. The zero-order valence-corrected chi connectivity index (χ0v) is 12.8. The Bertz CT molecular complexity index is 433. The number of carbonyl (C=O) groups is 1. The zero-order valence-electron chi connectivity index (χ0n) is 11.3. The van der Waals surface area contributed by atoms with Crippen LogP contribution < -0.4 is 5.73 Å². The van der Waals surface area contributed by atoms with E-state index in [1.165, 1.54) is 4.88 Å². The molecule has 106 valence electrons.